The van der Waals surface area contributed by atoms with Crippen molar-refractivity contribution in [1.82, 2.24) is 9.88 Å². The number of pyridine rings is 1. The number of rotatable bonds is 2. The maximum atomic E-state index is 7.45. The van der Waals surface area contributed by atoms with E-state index in [0.717, 1.165) is 6.04 Å². The molecule has 8 rings (SSSR count). The Morgan fingerprint density at radius 1 is 1.06 bits per heavy atom. The molecule has 4 fully saturated rings. The minimum absolute atomic E-state index is 0.0355. The fourth-order valence-electron chi connectivity index (χ4n) is 8.98. The molecule has 2 aromatic rings. The van der Waals surface area contributed by atoms with Gasteiger partial charge in [0.2, 0.25) is 0 Å². The van der Waals surface area contributed by atoms with E-state index in [9.17, 15) is 0 Å². The predicted octanol–water partition coefficient (Wildman–Crippen LogP) is 6.16. The fraction of sp³-hybridized carbons (Fsp3) is 0.567. The standard InChI is InChI=1S/C30H34N2O/c1-28-10-8-24-17-23-4-5-25(32-14-15-32)18-29(23)11-12-30(24,33-29)27(28)7-6-26(28)21-3-2-20-9-13-31-19-22(20)16-21/h2-3,8-9,13,16-17,19,25-27H,4-7,10-12,14-15,18H2,1H3/t25?,26?,27-,28-,29-,30-/m1/s1. The van der Waals surface area contributed by atoms with Gasteiger partial charge in [-0.1, -0.05) is 31.2 Å². The van der Waals surface area contributed by atoms with E-state index in [1.54, 1.807) is 11.1 Å². The summed E-state index contributed by atoms with van der Waals surface area (Å²) in [7, 11) is 0. The highest BCUT2D eigenvalue weighted by atomic mass is 16.5. The topological polar surface area (TPSA) is 25.1 Å². The van der Waals surface area contributed by atoms with Gasteiger partial charge in [0.15, 0.2) is 0 Å². The van der Waals surface area contributed by atoms with Gasteiger partial charge in [0.1, 0.15) is 0 Å². The molecule has 3 heteroatoms. The Bertz CT molecular complexity index is 1230. The molecule has 0 radical (unpaired) electrons. The van der Waals surface area contributed by atoms with E-state index in [4.69, 9.17) is 4.74 Å². The molecular weight excluding hydrogens is 404 g/mol. The Labute approximate surface area is 196 Å². The molecule has 2 bridgehead atoms. The minimum atomic E-state index is -0.0373. The normalized spacial score (nSPS) is 43.5. The van der Waals surface area contributed by atoms with Gasteiger partial charge >= 0.3 is 0 Å². The number of ether oxygens (including phenoxy) is 1. The van der Waals surface area contributed by atoms with E-state index in [1.165, 1.54) is 80.8 Å². The zero-order valence-electron chi connectivity index (χ0n) is 19.7. The quantitative estimate of drug-likeness (QED) is 0.525. The molecule has 2 unspecified atom stereocenters. The molecule has 0 amide bonds. The Morgan fingerprint density at radius 2 is 2.00 bits per heavy atom. The minimum Gasteiger partial charge on any atom is -0.359 e. The van der Waals surface area contributed by atoms with E-state index in [0.29, 0.717) is 11.8 Å². The first-order chi connectivity index (χ1) is 16.1. The summed E-state index contributed by atoms with van der Waals surface area (Å²) in [5, 5.41) is 2.57. The average molecular weight is 439 g/mol. The Morgan fingerprint density at radius 3 is 2.91 bits per heavy atom. The second-order valence-corrected chi connectivity index (χ2v) is 12.1. The number of nitrogens with zero attached hydrogens (tertiary/aromatic N) is 2. The summed E-state index contributed by atoms with van der Waals surface area (Å²) < 4.78 is 7.45. The molecule has 6 aliphatic rings. The van der Waals surface area contributed by atoms with Crippen LogP contribution in [0.1, 0.15) is 69.8 Å². The molecule has 2 spiro atoms. The van der Waals surface area contributed by atoms with Gasteiger partial charge in [0.05, 0.1) is 11.2 Å². The van der Waals surface area contributed by atoms with Crippen LogP contribution in [-0.4, -0.2) is 40.2 Å². The second-order valence-electron chi connectivity index (χ2n) is 12.1. The first kappa shape index (κ1) is 19.3. The lowest BCUT2D eigenvalue weighted by atomic mass is 9.58. The number of hydrogen-bond donors (Lipinski definition) is 0. The van der Waals surface area contributed by atoms with Crippen molar-refractivity contribution in [3.05, 3.63) is 65.5 Å². The van der Waals surface area contributed by atoms with Gasteiger partial charge in [0, 0.05) is 36.9 Å². The first-order valence-electron chi connectivity index (χ1n) is 13.3. The summed E-state index contributed by atoms with van der Waals surface area (Å²) in [6.07, 6.45) is 19.2. The van der Waals surface area contributed by atoms with Gasteiger partial charge in [-0.2, -0.15) is 0 Å². The average Bonchev–Trinajstić information content (AvgIpc) is 3.56. The molecule has 2 saturated heterocycles. The van der Waals surface area contributed by atoms with Crippen LogP contribution in [-0.2, 0) is 4.74 Å². The van der Waals surface area contributed by atoms with Gasteiger partial charge in [0.25, 0.3) is 0 Å². The van der Waals surface area contributed by atoms with Crippen molar-refractivity contribution in [1.29, 1.82) is 0 Å². The summed E-state index contributed by atoms with van der Waals surface area (Å²) in [4.78, 5) is 7.06. The highest BCUT2D eigenvalue weighted by molar-refractivity contribution is 5.82. The molecule has 3 aliphatic heterocycles. The smallest absolute Gasteiger partial charge is 0.0974 e. The van der Waals surface area contributed by atoms with Crippen LogP contribution in [0.3, 0.4) is 0 Å². The molecular formula is C30H34N2O. The number of hydrogen-bond acceptors (Lipinski definition) is 3. The van der Waals surface area contributed by atoms with Crippen LogP contribution < -0.4 is 0 Å². The SMILES string of the molecule is C[C@]12CC=C3C=C4CCC(N5CC5)C[C@]45CC[C@]3(O5)[C@@H]1CCC2c1ccc2ccncc2c1. The molecule has 1 aromatic heterocycles. The maximum Gasteiger partial charge on any atom is 0.0974 e. The summed E-state index contributed by atoms with van der Waals surface area (Å²) in [6.45, 7) is 5.19. The summed E-state index contributed by atoms with van der Waals surface area (Å²) >= 11 is 0. The molecule has 1 aromatic carbocycles. The van der Waals surface area contributed by atoms with Crippen molar-refractivity contribution in [2.45, 2.75) is 81.5 Å². The van der Waals surface area contributed by atoms with Crippen LogP contribution in [0.15, 0.2) is 60.0 Å². The van der Waals surface area contributed by atoms with Gasteiger partial charge in [-0.15, -0.1) is 0 Å². The molecule has 2 saturated carbocycles. The van der Waals surface area contributed by atoms with Crippen molar-refractivity contribution in [2.75, 3.05) is 13.1 Å². The fourth-order valence-corrected chi connectivity index (χ4v) is 8.98. The van der Waals surface area contributed by atoms with Gasteiger partial charge in [-0.25, -0.2) is 0 Å². The molecule has 170 valence electrons. The molecule has 3 nitrogen and oxygen atoms in total. The second kappa shape index (κ2) is 6.37. The van der Waals surface area contributed by atoms with E-state index < -0.39 is 0 Å². The lowest BCUT2D eigenvalue weighted by molar-refractivity contribution is -0.138. The number of fused-ring (bicyclic) bond motifs is 2. The van der Waals surface area contributed by atoms with Crippen molar-refractivity contribution >= 4 is 10.8 Å². The van der Waals surface area contributed by atoms with Gasteiger partial charge in [-0.3, -0.25) is 9.88 Å². The Hall–Kier alpha value is -1.97. The summed E-state index contributed by atoms with van der Waals surface area (Å²) in [6, 6.07) is 9.99. The Kier molecular flexibility index (Phi) is 3.73. The lowest BCUT2D eigenvalue weighted by Gasteiger charge is -2.54. The largest absolute Gasteiger partial charge is 0.359 e. The monoisotopic (exact) mass is 438 g/mol. The third-order valence-corrected chi connectivity index (χ3v) is 10.7. The molecule has 3 aliphatic carbocycles. The van der Waals surface area contributed by atoms with Gasteiger partial charge in [-0.05, 0) is 103 Å². The van der Waals surface area contributed by atoms with Crippen molar-refractivity contribution < 1.29 is 4.74 Å². The van der Waals surface area contributed by atoms with Crippen molar-refractivity contribution in [2.24, 2.45) is 11.3 Å². The van der Waals surface area contributed by atoms with Crippen LogP contribution in [0, 0.1) is 11.3 Å². The zero-order chi connectivity index (χ0) is 21.8. The maximum absolute atomic E-state index is 7.45. The third-order valence-electron chi connectivity index (χ3n) is 10.7. The van der Waals surface area contributed by atoms with Crippen LogP contribution >= 0.6 is 0 Å². The van der Waals surface area contributed by atoms with Crippen LogP contribution in [0.4, 0.5) is 0 Å². The van der Waals surface area contributed by atoms with Crippen LogP contribution in [0.25, 0.3) is 10.8 Å². The molecule has 33 heavy (non-hydrogen) atoms. The predicted molar refractivity (Wildman–Crippen MR) is 131 cm³/mol. The highest BCUT2D eigenvalue weighted by Gasteiger charge is 2.66. The molecule has 6 atom stereocenters. The van der Waals surface area contributed by atoms with Crippen LogP contribution in [0.5, 0.6) is 0 Å². The van der Waals surface area contributed by atoms with Crippen LogP contribution in [0.2, 0.25) is 0 Å². The molecule has 0 N–H and O–H groups in total. The third kappa shape index (κ3) is 2.51. The van der Waals surface area contributed by atoms with E-state index in [1.807, 2.05) is 12.4 Å². The lowest BCUT2D eigenvalue weighted by Crippen LogP contribution is -2.54. The van der Waals surface area contributed by atoms with Crippen molar-refractivity contribution in [3.63, 3.8) is 0 Å². The van der Waals surface area contributed by atoms with E-state index in [2.05, 4.69) is 53.2 Å². The zero-order valence-corrected chi connectivity index (χ0v) is 19.7. The Balaban J connectivity index is 1.18. The number of benzene rings is 1. The van der Waals surface area contributed by atoms with E-state index in [-0.39, 0.29) is 16.6 Å². The molecule has 4 heterocycles. The summed E-state index contributed by atoms with van der Waals surface area (Å²) in [5.74, 6) is 1.22. The highest BCUT2D eigenvalue weighted by Crippen LogP contribution is 2.69. The first-order valence-corrected chi connectivity index (χ1v) is 13.3. The number of allylic oxidation sites excluding steroid dienone is 1. The van der Waals surface area contributed by atoms with E-state index >= 15 is 0 Å². The number of aromatic nitrogens is 1. The summed E-state index contributed by atoms with van der Waals surface area (Å²) in [5.41, 5.74) is 4.94. The van der Waals surface area contributed by atoms with Crippen molar-refractivity contribution in [3.8, 4) is 0 Å². The van der Waals surface area contributed by atoms with Gasteiger partial charge < -0.3 is 4.74 Å².